The summed E-state index contributed by atoms with van der Waals surface area (Å²) in [5.74, 6) is -0.258. The van der Waals surface area contributed by atoms with Gasteiger partial charge in [-0.2, -0.15) is 5.10 Å². The monoisotopic (exact) mass is 302 g/mol. The molecule has 1 heterocycles. The molecule has 0 aliphatic carbocycles. The fourth-order valence-electron chi connectivity index (χ4n) is 1.39. The predicted molar refractivity (Wildman–Crippen MR) is 65.2 cm³/mol. The second-order valence-electron chi connectivity index (χ2n) is 3.47. The molecule has 0 N–H and O–H groups in total. The van der Waals surface area contributed by atoms with Crippen LogP contribution in [0.5, 0.6) is 0 Å². The molecular formula is C11H9BrClFN2. The van der Waals surface area contributed by atoms with Crippen molar-refractivity contribution < 1.29 is 4.39 Å². The molecule has 2 nitrogen and oxygen atoms in total. The lowest BCUT2D eigenvalue weighted by atomic mass is 10.2. The Kier molecular flexibility index (Phi) is 3.30. The number of halogens is 3. The van der Waals surface area contributed by atoms with E-state index in [9.17, 15) is 4.39 Å². The summed E-state index contributed by atoms with van der Waals surface area (Å²) < 4.78 is 15.4. The van der Waals surface area contributed by atoms with Gasteiger partial charge < -0.3 is 0 Å². The molecule has 1 aromatic heterocycles. The smallest absolute Gasteiger partial charge is 0.124 e. The first kappa shape index (κ1) is 11.6. The van der Waals surface area contributed by atoms with E-state index in [2.05, 4.69) is 21.0 Å². The predicted octanol–water partition coefficient (Wildman–Crippen LogP) is 3.79. The van der Waals surface area contributed by atoms with E-state index in [0.717, 1.165) is 15.7 Å². The summed E-state index contributed by atoms with van der Waals surface area (Å²) in [5, 5.41) is 4.78. The quantitative estimate of drug-likeness (QED) is 0.825. The summed E-state index contributed by atoms with van der Waals surface area (Å²) in [4.78, 5) is 0. The van der Waals surface area contributed by atoms with Gasteiger partial charge in [0.1, 0.15) is 5.82 Å². The molecule has 2 rings (SSSR count). The number of nitrogens with zero attached hydrogens (tertiary/aromatic N) is 2. The van der Waals surface area contributed by atoms with Gasteiger partial charge in [0.2, 0.25) is 0 Å². The Bertz CT molecular complexity index is 525. The maximum absolute atomic E-state index is 12.9. The Morgan fingerprint density at radius 3 is 2.81 bits per heavy atom. The highest BCUT2D eigenvalue weighted by atomic mass is 79.9. The first-order valence-corrected chi connectivity index (χ1v) is 5.87. The lowest BCUT2D eigenvalue weighted by molar-refractivity contribution is 0.621. The van der Waals surface area contributed by atoms with E-state index in [1.54, 1.807) is 16.9 Å². The molecule has 16 heavy (non-hydrogen) atoms. The zero-order valence-corrected chi connectivity index (χ0v) is 10.9. The standard InChI is InChI=1S/C11H9BrClFN2/c1-7-11(13)5-15-16(7)6-8-2-3-9(14)4-10(8)12/h2-5H,6H2,1H3. The zero-order valence-electron chi connectivity index (χ0n) is 8.54. The van der Waals surface area contributed by atoms with Crippen LogP contribution in [0.2, 0.25) is 5.02 Å². The van der Waals surface area contributed by atoms with Gasteiger partial charge in [-0.1, -0.05) is 33.6 Å². The molecule has 0 bridgehead atoms. The van der Waals surface area contributed by atoms with Crippen LogP contribution in [0, 0.1) is 12.7 Å². The van der Waals surface area contributed by atoms with Crippen molar-refractivity contribution >= 4 is 27.5 Å². The SMILES string of the molecule is Cc1c(Cl)cnn1Cc1ccc(F)cc1Br. The normalized spacial score (nSPS) is 10.8. The van der Waals surface area contributed by atoms with Crippen LogP contribution in [-0.2, 0) is 6.54 Å². The van der Waals surface area contributed by atoms with Crippen LogP contribution in [0.4, 0.5) is 4.39 Å². The molecule has 0 unspecified atom stereocenters. The van der Waals surface area contributed by atoms with Crippen LogP contribution in [0.1, 0.15) is 11.3 Å². The lowest BCUT2D eigenvalue weighted by Crippen LogP contribution is -2.04. The maximum Gasteiger partial charge on any atom is 0.124 e. The number of hydrogen-bond donors (Lipinski definition) is 0. The van der Waals surface area contributed by atoms with Crippen molar-refractivity contribution in [3.8, 4) is 0 Å². The molecular weight excluding hydrogens is 294 g/mol. The average Bonchev–Trinajstić information content (AvgIpc) is 2.54. The van der Waals surface area contributed by atoms with Gasteiger partial charge in [0.05, 0.1) is 23.5 Å². The van der Waals surface area contributed by atoms with Gasteiger partial charge in [-0.25, -0.2) is 4.39 Å². The highest BCUT2D eigenvalue weighted by Crippen LogP contribution is 2.21. The van der Waals surface area contributed by atoms with Gasteiger partial charge in [-0.3, -0.25) is 4.68 Å². The van der Waals surface area contributed by atoms with E-state index in [1.165, 1.54) is 12.1 Å². The summed E-state index contributed by atoms with van der Waals surface area (Å²) in [6.07, 6.45) is 1.61. The minimum atomic E-state index is -0.258. The van der Waals surface area contributed by atoms with E-state index in [4.69, 9.17) is 11.6 Å². The topological polar surface area (TPSA) is 17.8 Å². The Labute approximate surface area is 106 Å². The van der Waals surface area contributed by atoms with E-state index in [1.807, 2.05) is 6.92 Å². The third kappa shape index (κ3) is 2.28. The van der Waals surface area contributed by atoms with Crippen LogP contribution in [0.25, 0.3) is 0 Å². The maximum atomic E-state index is 12.9. The second-order valence-corrected chi connectivity index (χ2v) is 4.73. The molecule has 0 saturated heterocycles. The number of aromatic nitrogens is 2. The van der Waals surface area contributed by atoms with Gasteiger partial charge in [-0.15, -0.1) is 0 Å². The molecule has 5 heteroatoms. The minimum absolute atomic E-state index is 0.258. The molecule has 0 aliphatic heterocycles. The molecule has 1 aromatic carbocycles. The Hall–Kier alpha value is -0.870. The number of hydrogen-bond acceptors (Lipinski definition) is 1. The lowest BCUT2D eigenvalue weighted by Gasteiger charge is -2.07. The number of benzene rings is 1. The molecule has 0 amide bonds. The fourth-order valence-corrected chi connectivity index (χ4v) is 2.01. The molecule has 0 saturated carbocycles. The summed E-state index contributed by atoms with van der Waals surface area (Å²) in [6, 6.07) is 4.60. The zero-order chi connectivity index (χ0) is 11.7. The van der Waals surface area contributed by atoms with Crippen LogP contribution < -0.4 is 0 Å². The van der Waals surface area contributed by atoms with Gasteiger partial charge in [0.25, 0.3) is 0 Å². The molecule has 0 fully saturated rings. The first-order valence-electron chi connectivity index (χ1n) is 4.70. The van der Waals surface area contributed by atoms with Crippen molar-refractivity contribution in [3.05, 3.63) is 51.0 Å². The van der Waals surface area contributed by atoms with Crippen molar-refractivity contribution in [2.45, 2.75) is 13.5 Å². The van der Waals surface area contributed by atoms with Gasteiger partial charge >= 0.3 is 0 Å². The largest absolute Gasteiger partial charge is 0.264 e. The molecule has 0 radical (unpaired) electrons. The molecule has 2 aromatic rings. The van der Waals surface area contributed by atoms with E-state index >= 15 is 0 Å². The fraction of sp³-hybridized carbons (Fsp3) is 0.182. The van der Waals surface area contributed by atoms with Crippen molar-refractivity contribution in [1.82, 2.24) is 9.78 Å². The molecule has 0 aliphatic rings. The van der Waals surface area contributed by atoms with Crippen LogP contribution in [0.3, 0.4) is 0 Å². The summed E-state index contributed by atoms with van der Waals surface area (Å²) in [7, 11) is 0. The summed E-state index contributed by atoms with van der Waals surface area (Å²) in [6.45, 7) is 2.46. The summed E-state index contributed by atoms with van der Waals surface area (Å²) in [5.41, 5.74) is 1.86. The average molecular weight is 304 g/mol. The van der Waals surface area contributed by atoms with Gasteiger partial charge in [-0.05, 0) is 24.6 Å². The van der Waals surface area contributed by atoms with Crippen molar-refractivity contribution in [2.75, 3.05) is 0 Å². The van der Waals surface area contributed by atoms with Crippen LogP contribution in [0.15, 0.2) is 28.9 Å². The summed E-state index contributed by atoms with van der Waals surface area (Å²) >= 11 is 9.23. The molecule has 0 atom stereocenters. The first-order chi connectivity index (χ1) is 7.58. The third-order valence-electron chi connectivity index (χ3n) is 2.38. The van der Waals surface area contributed by atoms with Gasteiger partial charge in [0, 0.05) is 4.47 Å². The van der Waals surface area contributed by atoms with Crippen LogP contribution >= 0.6 is 27.5 Å². The molecule has 84 valence electrons. The van der Waals surface area contributed by atoms with E-state index in [-0.39, 0.29) is 5.82 Å². The minimum Gasteiger partial charge on any atom is -0.264 e. The van der Waals surface area contributed by atoms with E-state index < -0.39 is 0 Å². The third-order valence-corrected chi connectivity index (χ3v) is 3.49. The van der Waals surface area contributed by atoms with Crippen LogP contribution in [-0.4, -0.2) is 9.78 Å². The Morgan fingerprint density at radius 2 is 2.25 bits per heavy atom. The van der Waals surface area contributed by atoms with Crippen molar-refractivity contribution in [2.24, 2.45) is 0 Å². The Morgan fingerprint density at radius 1 is 1.50 bits per heavy atom. The van der Waals surface area contributed by atoms with Crippen molar-refractivity contribution in [1.29, 1.82) is 0 Å². The molecule has 0 spiro atoms. The Balaban J connectivity index is 2.30. The highest BCUT2D eigenvalue weighted by molar-refractivity contribution is 9.10. The van der Waals surface area contributed by atoms with E-state index in [0.29, 0.717) is 11.6 Å². The second kappa shape index (κ2) is 4.55. The van der Waals surface area contributed by atoms with Crippen molar-refractivity contribution in [3.63, 3.8) is 0 Å². The van der Waals surface area contributed by atoms with Gasteiger partial charge in [0.15, 0.2) is 0 Å². The number of rotatable bonds is 2. The highest BCUT2D eigenvalue weighted by Gasteiger charge is 2.07.